The first kappa shape index (κ1) is 14.5. The number of anilines is 2. The Balaban J connectivity index is 2.51. The Bertz CT molecular complexity index is 366. The number of nitrogens with zero attached hydrogens (tertiary/aromatic N) is 2. The van der Waals surface area contributed by atoms with E-state index in [1.165, 1.54) is 0 Å². The molecule has 1 aromatic carbocycles. The Kier molecular flexibility index (Phi) is 6.22. The van der Waals surface area contributed by atoms with Gasteiger partial charge in [0.25, 0.3) is 0 Å². The molecule has 0 atom stereocenters. The summed E-state index contributed by atoms with van der Waals surface area (Å²) in [4.78, 5) is 15.0. The summed E-state index contributed by atoms with van der Waals surface area (Å²) in [6.45, 7) is 1.83. The second kappa shape index (κ2) is 7.71. The van der Waals surface area contributed by atoms with Crippen molar-refractivity contribution >= 4 is 17.8 Å². The number of hydrogen-bond donors (Lipinski definition) is 1. The van der Waals surface area contributed by atoms with E-state index in [2.05, 4.69) is 24.3 Å². The number of carbonyl (C=O) groups is 1. The fourth-order valence-corrected chi connectivity index (χ4v) is 1.79. The zero-order valence-electron chi connectivity index (χ0n) is 11.5. The summed E-state index contributed by atoms with van der Waals surface area (Å²) in [5.74, 6) is 0. The lowest BCUT2D eigenvalue weighted by Gasteiger charge is -2.18. The number of rotatable bonds is 8. The minimum absolute atomic E-state index is 0.768. The normalized spacial score (nSPS) is 10.4. The molecule has 0 spiro atoms. The molecule has 0 aliphatic rings. The summed E-state index contributed by atoms with van der Waals surface area (Å²) in [6, 6.07) is 7.89. The molecule has 0 heterocycles. The first-order valence-corrected chi connectivity index (χ1v) is 6.32. The van der Waals surface area contributed by atoms with E-state index in [9.17, 15) is 4.79 Å². The van der Waals surface area contributed by atoms with Gasteiger partial charge in [-0.3, -0.25) is 4.79 Å². The summed E-state index contributed by atoms with van der Waals surface area (Å²) >= 11 is 0. The molecule has 100 valence electrons. The highest BCUT2D eigenvalue weighted by atomic mass is 16.1. The van der Waals surface area contributed by atoms with Crippen molar-refractivity contribution in [1.29, 1.82) is 0 Å². The van der Waals surface area contributed by atoms with Gasteiger partial charge in [0.2, 0.25) is 6.41 Å². The lowest BCUT2D eigenvalue weighted by molar-refractivity contribution is -0.107. The first-order valence-electron chi connectivity index (χ1n) is 6.32. The van der Waals surface area contributed by atoms with Crippen LogP contribution in [-0.2, 0) is 4.79 Å². The molecule has 0 aromatic heterocycles. The maximum Gasteiger partial charge on any atom is 0.214 e. The van der Waals surface area contributed by atoms with Crippen LogP contribution in [0.4, 0.5) is 11.4 Å². The van der Waals surface area contributed by atoms with Crippen LogP contribution in [0.25, 0.3) is 0 Å². The summed E-state index contributed by atoms with van der Waals surface area (Å²) in [7, 11) is 6.00. The average Bonchev–Trinajstić information content (AvgIpc) is 2.38. The highest BCUT2D eigenvalue weighted by Crippen LogP contribution is 2.18. The number of nitrogens with one attached hydrogen (secondary N) is 1. The summed E-state index contributed by atoms with van der Waals surface area (Å²) in [5, 5.41) is 3.08. The molecule has 0 radical (unpaired) electrons. The number of amides is 1. The van der Waals surface area contributed by atoms with Gasteiger partial charge in [-0.15, -0.1) is 0 Å². The molecule has 0 saturated heterocycles. The zero-order chi connectivity index (χ0) is 13.4. The van der Waals surface area contributed by atoms with Crippen LogP contribution in [0.1, 0.15) is 12.8 Å². The van der Waals surface area contributed by atoms with Crippen molar-refractivity contribution in [2.45, 2.75) is 12.8 Å². The predicted molar refractivity (Wildman–Crippen MR) is 77.2 cm³/mol. The third-order valence-corrected chi connectivity index (χ3v) is 2.85. The van der Waals surface area contributed by atoms with Gasteiger partial charge in [-0.2, -0.15) is 0 Å². The molecule has 1 rings (SSSR count). The Morgan fingerprint density at radius 2 is 1.94 bits per heavy atom. The molecule has 1 amide bonds. The molecular formula is C14H23N3O. The lowest BCUT2D eigenvalue weighted by atomic mass is 10.2. The van der Waals surface area contributed by atoms with Gasteiger partial charge in [0.05, 0.1) is 0 Å². The van der Waals surface area contributed by atoms with E-state index in [-0.39, 0.29) is 0 Å². The highest BCUT2D eigenvalue weighted by molar-refractivity contribution is 5.76. The molecular weight excluding hydrogens is 226 g/mol. The second-order valence-electron chi connectivity index (χ2n) is 4.61. The number of benzene rings is 1. The van der Waals surface area contributed by atoms with Crippen LogP contribution in [0.2, 0.25) is 0 Å². The maximum absolute atomic E-state index is 11.1. The van der Waals surface area contributed by atoms with Crippen molar-refractivity contribution in [3.05, 3.63) is 24.3 Å². The van der Waals surface area contributed by atoms with Gasteiger partial charge in [-0.05, 0) is 51.7 Å². The fourth-order valence-electron chi connectivity index (χ4n) is 1.79. The summed E-state index contributed by atoms with van der Waals surface area (Å²) < 4.78 is 0. The predicted octanol–water partition coefficient (Wildman–Crippen LogP) is 2.03. The Morgan fingerprint density at radius 3 is 2.56 bits per heavy atom. The van der Waals surface area contributed by atoms with Crippen molar-refractivity contribution < 1.29 is 4.79 Å². The van der Waals surface area contributed by atoms with E-state index in [0.29, 0.717) is 0 Å². The van der Waals surface area contributed by atoms with Gasteiger partial charge in [0.15, 0.2) is 0 Å². The van der Waals surface area contributed by atoms with Crippen LogP contribution >= 0.6 is 0 Å². The van der Waals surface area contributed by atoms with Gasteiger partial charge in [0, 0.05) is 25.0 Å². The van der Waals surface area contributed by atoms with Gasteiger partial charge < -0.3 is 15.1 Å². The molecule has 0 saturated carbocycles. The van der Waals surface area contributed by atoms with Gasteiger partial charge in [-0.1, -0.05) is 6.07 Å². The maximum atomic E-state index is 11.1. The molecule has 0 bridgehead atoms. The zero-order valence-corrected chi connectivity index (χ0v) is 11.5. The van der Waals surface area contributed by atoms with E-state index < -0.39 is 0 Å². The quantitative estimate of drug-likeness (QED) is 0.565. The number of carbonyl (C=O) groups excluding carboxylic acids is 1. The van der Waals surface area contributed by atoms with Crippen molar-refractivity contribution in [3.63, 3.8) is 0 Å². The van der Waals surface area contributed by atoms with Crippen LogP contribution in [0.3, 0.4) is 0 Å². The molecule has 4 nitrogen and oxygen atoms in total. The van der Waals surface area contributed by atoms with Crippen LogP contribution in [0, 0.1) is 0 Å². The molecule has 0 aliphatic carbocycles. The first-order chi connectivity index (χ1) is 8.67. The SMILES string of the molecule is CNc1cccc(N(C=O)CCCCN(C)C)c1. The van der Waals surface area contributed by atoms with Crippen LogP contribution in [-0.4, -0.2) is 45.5 Å². The Morgan fingerprint density at radius 1 is 1.22 bits per heavy atom. The van der Waals surface area contributed by atoms with Gasteiger partial charge in [0.1, 0.15) is 0 Å². The number of hydrogen-bond acceptors (Lipinski definition) is 3. The van der Waals surface area contributed by atoms with E-state index in [4.69, 9.17) is 0 Å². The fraction of sp³-hybridized carbons (Fsp3) is 0.500. The minimum Gasteiger partial charge on any atom is -0.388 e. The lowest BCUT2D eigenvalue weighted by Crippen LogP contribution is -2.23. The van der Waals surface area contributed by atoms with E-state index in [1.807, 2.05) is 31.3 Å². The largest absolute Gasteiger partial charge is 0.388 e. The van der Waals surface area contributed by atoms with Gasteiger partial charge in [-0.25, -0.2) is 0 Å². The van der Waals surface area contributed by atoms with Crippen LogP contribution in [0.5, 0.6) is 0 Å². The topological polar surface area (TPSA) is 35.6 Å². The summed E-state index contributed by atoms with van der Waals surface area (Å²) in [6.07, 6.45) is 3.02. The van der Waals surface area contributed by atoms with Crippen molar-refractivity contribution in [2.24, 2.45) is 0 Å². The van der Waals surface area contributed by atoms with E-state index in [1.54, 1.807) is 4.90 Å². The molecule has 0 aliphatic heterocycles. The minimum atomic E-state index is 0.768. The summed E-state index contributed by atoms with van der Waals surface area (Å²) in [5.41, 5.74) is 1.97. The standard InChI is InChI=1S/C14H23N3O/c1-15-13-7-6-8-14(11-13)17(12-18)10-5-4-9-16(2)3/h6-8,11-12,15H,4-5,9-10H2,1-3H3. The third-order valence-electron chi connectivity index (χ3n) is 2.85. The van der Waals surface area contributed by atoms with Crippen molar-refractivity contribution in [2.75, 3.05) is 44.4 Å². The molecule has 4 heteroatoms. The monoisotopic (exact) mass is 249 g/mol. The van der Waals surface area contributed by atoms with E-state index in [0.717, 1.165) is 43.7 Å². The smallest absolute Gasteiger partial charge is 0.214 e. The molecule has 0 unspecified atom stereocenters. The highest BCUT2D eigenvalue weighted by Gasteiger charge is 2.05. The van der Waals surface area contributed by atoms with Gasteiger partial charge >= 0.3 is 0 Å². The van der Waals surface area contributed by atoms with Crippen LogP contribution in [0.15, 0.2) is 24.3 Å². The number of unbranched alkanes of at least 4 members (excludes halogenated alkanes) is 1. The molecule has 1 N–H and O–H groups in total. The molecule has 18 heavy (non-hydrogen) atoms. The Labute approximate surface area is 110 Å². The third kappa shape index (κ3) is 4.75. The van der Waals surface area contributed by atoms with Crippen molar-refractivity contribution in [1.82, 2.24) is 4.90 Å². The Hall–Kier alpha value is -1.55. The molecule has 0 fully saturated rings. The van der Waals surface area contributed by atoms with Crippen molar-refractivity contribution in [3.8, 4) is 0 Å². The van der Waals surface area contributed by atoms with E-state index >= 15 is 0 Å². The van der Waals surface area contributed by atoms with Crippen LogP contribution < -0.4 is 10.2 Å². The molecule has 1 aromatic rings. The average molecular weight is 249 g/mol. The second-order valence-corrected chi connectivity index (χ2v) is 4.61.